The minimum absolute atomic E-state index is 0.541. The summed E-state index contributed by atoms with van der Waals surface area (Å²) in [5.74, 6) is 1.50. The Morgan fingerprint density at radius 1 is 1.13 bits per heavy atom. The minimum Gasteiger partial charge on any atom is -0.360 e. The first-order valence-electron chi connectivity index (χ1n) is 6.31. The molecule has 0 atom stereocenters. The number of nitrogens with one attached hydrogen (secondary N) is 1. The normalized spacial score (nSPS) is 26.3. The molecule has 15 heavy (non-hydrogen) atoms. The Balaban J connectivity index is 1.86. The van der Waals surface area contributed by atoms with Gasteiger partial charge in [0.15, 0.2) is 0 Å². The maximum Gasteiger partial charge on any atom is 0.0989 e. The van der Waals surface area contributed by atoms with E-state index in [4.69, 9.17) is 5.41 Å². The number of hydrogen-bond acceptors (Lipinski definition) is 1. The second-order valence-electron chi connectivity index (χ2n) is 6.17. The molecule has 0 aliphatic heterocycles. The monoisotopic (exact) mass is 208 g/mol. The highest BCUT2D eigenvalue weighted by Crippen LogP contribution is 2.38. The fraction of sp³-hybridized carbons (Fsp3) is 0.923. The summed E-state index contributed by atoms with van der Waals surface area (Å²) in [6.45, 7) is 4.74. The van der Waals surface area contributed by atoms with Crippen LogP contribution in [0.25, 0.3) is 0 Å². The minimum atomic E-state index is 0.541. The molecule has 0 heterocycles. The lowest BCUT2D eigenvalue weighted by Gasteiger charge is -2.39. The Morgan fingerprint density at radius 2 is 1.67 bits per heavy atom. The fourth-order valence-electron chi connectivity index (χ4n) is 2.61. The van der Waals surface area contributed by atoms with Gasteiger partial charge in [0.25, 0.3) is 0 Å². The highest BCUT2D eigenvalue weighted by atomic mass is 15.2. The Bertz CT molecular complexity index is 243. The van der Waals surface area contributed by atoms with Gasteiger partial charge in [0.1, 0.15) is 0 Å². The molecule has 0 aromatic carbocycles. The van der Waals surface area contributed by atoms with Gasteiger partial charge in [-0.3, -0.25) is 5.41 Å². The summed E-state index contributed by atoms with van der Waals surface area (Å²) in [6, 6.07) is 0.645. The van der Waals surface area contributed by atoms with Gasteiger partial charge in [0.2, 0.25) is 0 Å². The molecule has 0 spiro atoms. The van der Waals surface area contributed by atoms with E-state index in [0.717, 1.165) is 5.84 Å². The third-order valence-electron chi connectivity index (χ3n) is 4.20. The molecule has 0 bridgehead atoms. The van der Waals surface area contributed by atoms with Crippen LogP contribution in [-0.2, 0) is 0 Å². The van der Waals surface area contributed by atoms with E-state index in [1.54, 1.807) is 0 Å². The molecule has 2 aliphatic rings. The lowest BCUT2D eigenvalue weighted by molar-refractivity contribution is 0.167. The second-order valence-corrected chi connectivity index (χ2v) is 6.17. The number of hydrogen-bond donors (Lipinski definition) is 1. The van der Waals surface area contributed by atoms with E-state index >= 15 is 0 Å². The van der Waals surface area contributed by atoms with E-state index in [2.05, 4.69) is 25.8 Å². The van der Waals surface area contributed by atoms with Crippen LogP contribution in [-0.4, -0.2) is 23.8 Å². The fourth-order valence-corrected chi connectivity index (χ4v) is 2.61. The van der Waals surface area contributed by atoms with Gasteiger partial charge in [0, 0.05) is 19.0 Å². The van der Waals surface area contributed by atoms with Crippen LogP contribution in [0.15, 0.2) is 0 Å². The number of nitrogens with zero attached hydrogens (tertiary/aromatic N) is 1. The van der Waals surface area contributed by atoms with Crippen molar-refractivity contribution in [3.8, 4) is 0 Å². The molecule has 2 rings (SSSR count). The van der Waals surface area contributed by atoms with Crippen LogP contribution in [0, 0.1) is 16.7 Å². The first-order chi connectivity index (χ1) is 6.99. The summed E-state index contributed by atoms with van der Waals surface area (Å²) in [4.78, 5) is 2.26. The van der Waals surface area contributed by atoms with Crippen LogP contribution in [0.2, 0.25) is 0 Å². The maximum absolute atomic E-state index is 8.07. The molecule has 0 aromatic heterocycles. The third kappa shape index (κ3) is 2.53. The zero-order valence-corrected chi connectivity index (χ0v) is 10.3. The van der Waals surface area contributed by atoms with E-state index in [0.29, 0.717) is 17.4 Å². The van der Waals surface area contributed by atoms with Crippen molar-refractivity contribution in [1.82, 2.24) is 4.90 Å². The first kappa shape index (κ1) is 11.0. The number of amidine groups is 1. The van der Waals surface area contributed by atoms with Crippen molar-refractivity contribution in [2.75, 3.05) is 7.05 Å². The van der Waals surface area contributed by atoms with Crippen LogP contribution >= 0.6 is 0 Å². The standard InChI is InChI=1S/C13H24N2/c1-13(2)8-6-11(7-9-13)15(3)12(14)10-4-5-10/h10-11,14H,4-9H2,1-3H3. The molecule has 2 heteroatoms. The molecule has 86 valence electrons. The quantitative estimate of drug-likeness (QED) is 0.547. The predicted molar refractivity (Wildman–Crippen MR) is 64.3 cm³/mol. The molecule has 0 radical (unpaired) electrons. The predicted octanol–water partition coefficient (Wildman–Crippen LogP) is 3.27. The van der Waals surface area contributed by atoms with Gasteiger partial charge in [-0.2, -0.15) is 0 Å². The van der Waals surface area contributed by atoms with Crippen molar-refractivity contribution < 1.29 is 0 Å². The average Bonchev–Trinajstić information content (AvgIpc) is 2.99. The molecule has 0 unspecified atom stereocenters. The summed E-state index contributed by atoms with van der Waals surface area (Å²) in [5, 5.41) is 8.07. The zero-order valence-electron chi connectivity index (χ0n) is 10.3. The molecule has 2 saturated carbocycles. The molecule has 2 aliphatic carbocycles. The van der Waals surface area contributed by atoms with Gasteiger partial charge in [-0.1, -0.05) is 13.8 Å². The lowest BCUT2D eigenvalue weighted by atomic mass is 9.75. The number of rotatable bonds is 2. The van der Waals surface area contributed by atoms with Gasteiger partial charge in [0.05, 0.1) is 5.84 Å². The zero-order chi connectivity index (χ0) is 11.1. The Morgan fingerprint density at radius 3 is 2.13 bits per heavy atom. The lowest BCUT2D eigenvalue weighted by Crippen LogP contribution is -2.41. The highest BCUT2D eigenvalue weighted by molar-refractivity contribution is 5.83. The van der Waals surface area contributed by atoms with Crippen molar-refractivity contribution in [2.24, 2.45) is 11.3 Å². The molecule has 0 amide bonds. The molecular formula is C13H24N2. The molecular weight excluding hydrogens is 184 g/mol. The molecule has 0 aromatic rings. The summed E-state index contributed by atoms with van der Waals surface area (Å²) in [5.41, 5.74) is 0.541. The van der Waals surface area contributed by atoms with E-state index in [9.17, 15) is 0 Å². The van der Waals surface area contributed by atoms with Crippen LogP contribution in [0.5, 0.6) is 0 Å². The van der Waals surface area contributed by atoms with Gasteiger partial charge in [-0.05, 0) is 43.9 Å². The maximum atomic E-state index is 8.07. The third-order valence-corrected chi connectivity index (χ3v) is 4.20. The largest absolute Gasteiger partial charge is 0.360 e. The average molecular weight is 208 g/mol. The second kappa shape index (κ2) is 3.80. The van der Waals surface area contributed by atoms with Gasteiger partial charge < -0.3 is 4.90 Å². The Kier molecular flexibility index (Phi) is 2.78. The first-order valence-corrected chi connectivity index (χ1v) is 6.31. The summed E-state index contributed by atoms with van der Waals surface area (Å²) in [6.07, 6.45) is 7.69. The van der Waals surface area contributed by atoms with Crippen LogP contribution in [0.4, 0.5) is 0 Å². The van der Waals surface area contributed by atoms with Crippen LogP contribution < -0.4 is 0 Å². The van der Waals surface area contributed by atoms with Crippen molar-refractivity contribution >= 4 is 5.84 Å². The Labute approximate surface area is 93.6 Å². The van der Waals surface area contributed by atoms with Gasteiger partial charge >= 0.3 is 0 Å². The van der Waals surface area contributed by atoms with Crippen LogP contribution in [0.3, 0.4) is 0 Å². The van der Waals surface area contributed by atoms with E-state index in [-0.39, 0.29) is 0 Å². The summed E-state index contributed by atoms with van der Waals surface area (Å²) in [7, 11) is 2.13. The van der Waals surface area contributed by atoms with Crippen molar-refractivity contribution in [1.29, 1.82) is 5.41 Å². The van der Waals surface area contributed by atoms with Crippen molar-refractivity contribution in [3.05, 3.63) is 0 Å². The summed E-state index contributed by atoms with van der Waals surface area (Å²) < 4.78 is 0. The molecule has 0 saturated heterocycles. The summed E-state index contributed by atoms with van der Waals surface area (Å²) >= 11 is 0. The smallest absolute Gasteiger partial charge is 0.0989 e. The van der Waals surface area contributed by atoms with Gasteiger partial charge in [-0.15, -0.1) is 0 Å². The molecule has 2 fully saturated rings. The molecule has 2 nitrogen and oxygen atoms in total. The van der Waals surface area contributed by atoms with Crippen molar-refractivity contribution in [3.63, 3.8) is 0 Å². The van der Waals surface area contributed by atoms with Gasteiger partial charge in [-0.25, -0.2) is 0 Å². The molecule has 1 N–H and O–H groups in total. The SMILES string of the molecule is CN(C(=N)C1CC1)C1CCC(C)(C)CC1. The van der Waals surface area contributed by atoms with Crippen LogP contribution in [0.1, 0.15) is 52.4 Å². The Hall–Kier alpha value is -0.530. The highest BCUT2D eigenvalue weighted by Gasteiger charge is 2.34. The van der Waals surface area contributed by atoms with E-state index in [1.807, 2.05) is 0 Å². The topological polar surface area (TPSA) is 27.1 Å². The van der Waals surface area contributed by atoms with E-state index in [1.165, 1.54) is 38.5 Å². The van der Waals surface area contributed by atoms with Crippen molar-refractivity contribution in [2.45, 2.75) is 58.4 Å². The van der Waals surface area contributed by atoms with E-state index < -0.39 is 0 Å².